The van der Waals surface area contributed by atoms with Gasteiger partial charge in [0.25, 0.3) is 0 Å². The Bertz CT molecular complexity index is 1120. The van der Waals surface area contributed by atoms with Crippen molar-refractivity contribution in [2.75, 3.05) is 19.0 Å². The van der Waals surface area contributed by atoms with Crippen LogP contribution in [0, 0.1) is 0 Å². The van der Waals surface area contributed by atoms with Crippen molar-refractivity contribution in [2.24, 2.45) is 0 Å². The molecule has 150 valence electrons. The largest absolute Gasteiger partial charge is 0.478 e. The molecule has 29 heavy (non-hydrogen) atoms. The molecule has 2 aromatic carbocycles. The SMILES string of the molecule is CCOC(=O)c1[nH]c2cc(Cl)cc(Cl)c2c1/C(=C\C(=O)O)c1ccc(NC)cc1. The highest BCUT2D eigenvalue weighted by atomic mass is 35.5. The van der Waals surface area contributed by atoms with Crippen molar-refractivity contribution in [3.63, 3.8) is 0 Å². The van der Waals surface area contributed by atoms with Gasteiger partial charge in [0, 0.05) is 40.3 Å². The highest BCUT2D eigenvalue weighted by Gasteiger charge is 2.25. The first-order chi connectivity index (χ1) is 13.8. The Balaban J connectivity index is 2.36. The minimum atomic E-state index is -1.16. The number of carbonyl (C=O) groups is 2. The third-order valence-corrected chi connectivity index (χ3v) is 4.83. The van der Waals surface area contributed by atoms with Gasteiger partial charge in [0.05, 0.1) is 11.6 Å². The number of fused-ring (bicyclic) bond motifs is 1. The van der Waals surface area contributed by atoms with Crippen molar-refractivity contribution in [3.8, 4) is 0 Å². The molecule has 3 N–H and O–H groups in total. The summed E-state index contributed by atoms with van der Waals surface area (Å²) in [5, 5.41) is 13.7. The number of nitrogens with one attached hydrogen (secondary N) is 2. The van der Waals surface area contributed by atoms with Gasteiger partial charge in [-0.2, -0.15) is 0 Å². The first-order valence-electron chi connectivity index (χ1n) is 8.76. The molecule has 0 amide bonds. The van der Waals surface area contributed by atoms with Crippen LogP contribution in [0.25, 0.3) is 16.5 Å². The van der Waals surface area contributed by atoms with E-state index in [9.17, 15) is 14.7 Å². The fourth-order valence-electron chi connectivity index (χ4n) is 3.11. The van der Waals surface area contributed by atoms with Crippen molar-refractivity contribution in [1.29, 1.82) is 0 Å². The fraction of sp³-hybridized carbons (Fsp3) is 0.143. The van der Waals surface area contributed by atoms with E-state index < -0.39 is 11.9 Å². The molecule has 6 nitrogen and oxygen atoms in total. The van der Waals surface area contributed by atoms with E-state index >= 15 is 0 Å². The van der Waals surface area contributed by atoms with Crippen LogP contribution in [0.15, 0.2) is 42.5 Å². The number of hydrogen-bond donors (Lipinski definition) is 3. The third-order valence-electron chi connectivity index (χ3n) is 4.32. The first kappa shape index (κ1) is 20.8. The Kier molecular flexibility index (Phi) is 6.15. The van der Waals surface area contributed by atoms with Gasteiger partial charge in [0.15, 0.2) is 0 Å². The lowest BCUT2D eigenvalue weighted by atomic mass is 9.94. The summed E-state index contributed by atoms with van der Waals surface area (Å²) >= 11 is 12.5. The second kappa shape index (κ2) is 8.59. The molecule has 0 spiro atoms. The molecule has 0 unspecified atom stereocenters. The lowest BCUT2D eigenvalue weighted by Gasteiger charge is -2.11. The van der Waals surface area contributed by atoms with Crippen molar-refractivity contribution >= 4 is 57.3 Å². The number of H-pyrrole nitrogens is 1. The summed E-state index contributed by atoms with van der Waals surface area (Å²) in [5.74, 6) is -1.78. The zero-order valence-corrected chi connectivity index (χ0v) is 17.2. The lowest BCUT2D eigenvalue weighted by Crippen LogP contribution is -2.08. The van der Waals surface area contributed by atoms with E-state index in [0.717, 1.165) is 11.8 Å². The van der Waals surface area contributed by atoms with E-state index in [1.54, 1.807) is 38.2 Å². The molecule has 0 aliphatic rings. The van der Waals surface area contributed by atoms with E-state index in [1.807, 2.05) is 12.1 Å². The number of benzene rings is 2. The molecule has 0 radical (unpaired) electrons. The van der Waals surface area contributed by atoms with Gasteiger partial charge in [-0.1, -0.05) is 35.3 Å². The van der Waals surface area contributed by atoms with Gasteiger partial charge in [-0.3, -0.25) is 0 Å². The van der Waals surface area contributed by atoms with Crippen LogP contribution < -0.4 is 5.32 Å². The van der Waals surface area contributed by atoms with Gasteiger partial charge >= 0.3 is 11.9 Å². The number of esters is 1. The van der Waals surface area contributed by atoms with Gasteiger partial charge in [-0.05, 0) is 42.3 Å². The first-order valence-corrected chi connectivity index (χ1v) is 9.52. The summed E-state index contributed by atoms with van der Waals surface area (Å²) < 4.78 is 5.16. The smallest absolute Gasteiger partial charge is 0.355 e. The molecule has 0 saturated carbocycles. The maximum Gasteiger partial charge on any atom is 0.355 e. The van der Waals surface area contributed by atoms with Crippen LogP contribution in [0.2, 0.25) is 10.0 Å². The second-order valence-corrected chi connectivity index (χ2v) is 6.97. The molecule has 8 heteroatoms. The molecule has 3 rings (SSSR count). The number of carboxylic acids is 1. The molecule has 0 atom stereocenters. The molecule has 0 bridgehead atoms. The lowest BCUT2D eigenvalue weighted by molar-refractivity contribution is -0.131. The Hall–Kier alpha value is -2.96. The molecule has 0 saturated heterocycles. The molecular formula is C21H18Cl2N2O4. The topological polar surface area (TPSA) is 91.4 Å². The Morgan fingerprint density at radius 3 is 2.48 bits per heavy atom. The van der Waals surface area contributed by atoms with Gasteiger partial charge in [-0.25, -0.2) is 9.59 Å². The number of anilines is 1. The van der Waals surface area contributed by atoms with Gasteiger partial charge < -0.3 is 20.1 Å². The normalized spacial score (nSPS) is 11.5. The molecule has 0 aliphatic carbocycles. The van der Waals surface area contributed by atoms with E-state index in [4.69, 9.17) is 27.9 Å². The Morgan fingerprint density at radius 1 is 1.21 bits per heavy atom. The molecule has 0 aliphatic heterocycles. The number of aliphatic carboxylic acids is 1. The number of hydrogen-bond acceptors (Lipinski definition) is 4. The fourth-order valence-corrected chi connectivity index (χ4v) is 3.70. The van der Waals surface area contributed by atoms with Crippen LogP contribution >= 0.6 is 23.2 Å². The number of halogens is 2. The minimum Gasteiger partial charge on any atom is -0.478 e. The van der Waals surface area contributed by atoms with Gasteiger partial charge in [-0.15, -0.1) is 0 Å². The van der Waals surface area contributed by atoms with Gasteiger partial charge in [0.2, 0.25) is 0 Å². The summed E-state index contributed by atoms with van der Waals surface area (Å²) in [6, 6.07) is 10.3. The summed E-state index contributed by atoms with van der Waals surface area (Å²) in [4.78, 5) is 27.2. The maximum atomic E-state index is 12.6. The van der Waals surface area contributed by atoms with E-state index in [2.05, 4.69) is 10.3 Å². The van der Waals surface area contributed by atoms with Crippen molar-refractivity contribution in [2.45, 2.75) is 6.92 Å². The van der Waals surface area contributed by atoms with Gasteiger partial charge in [0.1, 0.15) is 5.69 Å². The molecule has 3 aromatic rings. The highest BCUT2D eigenvalue weighted by molar-refractivity contribution is 6.39. The van der Waals surface area contributed by atoms with E-state index in [0.29, 0.717) is 32.6 Å². The quantitative estimate of drug-likeness (QED) is 0.367. The Morgan fingerprint density at radius 2 is 1.90 bits per heavy atom. The number of rotatable bonds is 6. The predicted molar refractivity (Wildman–Crippen MR) is 115 cm³/mol. The maximum absolute atomic E-state index is 12.6. The van der Waals surface area contributed by atoms with Crippen molar-refractivity contribution < 1.29 is 19.4 Å². The number of ether oxygens (including phenoxy) is 1. The predicted octanol–water partition coefficient (Wildman–Crippen LogP) is 5.21. The summed E-state index contributed by atoms with van der Waals surface area (Å²) in [6.07, 6.45) is 1.05. The van der Waals surface area contributed by atoms with E-state index in [1.165, 1.54) is 0 Å². The van der Waals surface area contributed by atoms with Crippen LogP contribution in [-0.4, -0.2) is 35.7 Å². The number of aromatic amines is 1. The van der Waals surface area contributed by atoms with Crippen LogP contribution in [0.4, 0.5) is 5.69 Å². The summed E-state index contributed by atoms with van der Waals surface area (Å²) in [6.45, 7) is 1.85. The standard InChI is InChI=1S/C21H18Cl2N2O4/c1-3-29-21(28)20-18(19-15(23)8-12(22)9-16(19)25-20)14(10-17(26)27)11-4-6-13(24-2)7-5-11/h4-10,24-25H,3H2,1-2H3,(H,26,27)/b14-10-. The minimum absolute atomic E-state index is 0.108. The highest BCUT2D eigenvalue weighted by Crippen LogP contribution is 2.39. The molecule has 1 aromatic heterocycles. The monoisotopic (exact) mass is 432 g/mol. The molecule has 1 heterocycles. The van der Waals surface area contributed by atoms with Crippen molar-refractivity contribution in [3.05, 3.63) is 69.3 Å². The summed E-state index contributed by atoms with van der Waals surface area (Å²) in [5.41, 5.74) is 2.74. The van der Waals surface area contributed by atoms with Crippen LogP contribution in [0.1, 0.15) is 28.5 Å². The van der Waals surface area contributed by atoms with E-state index in [-0.39, 0.29) is 17.3 Å². The van der Waals surface area contributed by atoms with Crippen LogP contribution in [-0.2, 0) is 9.53 Å². The average Bonchev–Trinajstić information content (AvgIpc) is 3.06. The average molecular weight is 433 g/mol. The van der Waals surface area contributed by atoms with Crippen LogP contribution in [0.5, 0.6) is 0 Å². The number of carbonyl (C=O) groups excluding carboxylic acids is 1. The zero-order chi connectivity index (χ0) is 21.1. The summed E-state index contributed by atoms with van der Waals surface area (Å²) in [7, 11) is 1.78. The Labute approximate surface area is 177 Å². The second-order valence-electron chi connectivity index (χ2n) is 6.13. The molecule has 0 fully saturated rings. The third kappa shape index (κ3) is 4.23. The van der Waals surface area contributed by atoms with Crippen molar-refractivity contribution in [1.82, 2.24) is 4.98 Å². The van der Waals surface area contributed by atoms with Crippen LogP contribution in [0.3, 0.4) is 0 Å². The molecular weight excluding hydrogens is 415 g/mol. The zero-order valence-electron chi connectivity index (χ0n) is 15.7. The number of carboxylic acid groups (broad SMARTS) is 1. The number of aromatic nitrogens is 1.